The molecule has 0 unspecified atom stereocenters. The van der Waals surface area contributed by atoms with Gasteiger partial charge in [0.05, 0.1) is 27.8 Å². The third-order valence-corrected chi connectivity index (χ3v) is 3.61. The Hall–Kier alpha value is -3.01. The van der Waals surface area contributed by atoms with Crippen molar-refractivity contribution < 1.29 is 39.6 Å². The lowest BCUT2D eigenvalue weighted by molar-refractivity contribution is 0.0646. The van der Waals surface area contributed by atoms with E-state index in [9.17, 15) is 34.5 Å². The van der Waals surface area contributed by atoms with Crippen molar-refractivity contribution in [2.24, 2.45) is 0 Å². The summed E-state index contributed by atoms with van der Waals surface area (Å²) in [5.41, 5.74) is -3.30. The Balaban J connectivity index is 3.20. The van der Waals surface area contributed by atoms with Gasteiger partial charge in [0.25, 0.3) is 0 Å². The first-order valence-corrected chi connectivity index (χ1v) is 6.54. The van der Waals surface area contributed by atoms with Crippen LogP contribution >= 0.6 is 15.9 Å². The van der Waals surface area contributed by atoms with Crippen molar-refractivity contribution in [3.8, 4) is 0 Å². The van der Waals surface area contributed by atoms with Gasteiger partial charge < -0.3 is 20.4 Å². The molecule has 0 aliphatic carbocycles. The Bertz CT molecular complexity index is 905. The lowest BCUT2D eigenvalue weighted by atomic mass is 9.95. The summed E-state index contributed by atoms with van der Waals surface area (Å²) in [6.07, 6.45) is 0.770. The Morgan fingerprint density at radius 3 is 1.78 bits per heavy atom. The van der Waals surface area contributed by atoms with Crippen LogP contribution in [0.5, 0.6) is 0 Å². The summed E-state index contributed by atoms with van der Waals surface area (Å²) in [5.74, 6) is -6.68. The molecule has 0 atom stereocenters. The first-order chi connectivity index (χ1) is 10.7. The standard InChI is InChI=1S/C13H6BrNO8/c14-4-1-5-8(9(13(22)23)7(4)12(20)21)6(11(18)19)3(2-15-5)10(16)17/h1-2H,(H,16,17)(H,18,19)(H,20,21)(H,22,23). The number of rotatable bonds is 4. The summed E-state index contributed by atoms with van der Waals surface area (Å²) < 4.78 is -0.123. The average Bonchev–Trinajstić information content (AvgIpc) is 2.43. The van der Waals surface area contributed by atoms with Gasteiger partial charge in [-0.1, -0.05) is 0 Å². The predicted octanol–water partition coefficient (Wildman–Crippen LogP) is 1.79. The van der Waals surface area contributed by atoms with E-state index in [1.165, 1.54) is 0 Å². The van der Waals surface area contributed by atoms with Crippen molar-refractivity contribution in [1.82, 2.24) is 4.98 Å². The summed E-state index contributed by atoms with van der Waals surface area (Å²) in [6, 6.07) is 1.11. The highest BCUT2D eigenvalue weighted by atomic mass is 79.9. The van der Waals surface area contributed by atoms with E-state index in [1.54, 1.807) is 0 Å². The molecule has 0 spiro atoms. The summed E-state index contributed by atoms with van der Waals surface area (Å²) in [4.78, 5) is 49.1. The van der Waals surface area contributed by atoms with Gasteiger partial charge >= 0.3 is 23.9 Å². The minimum Gasteiger partial charge on any atom is -0.478 e. The van der Waals surface area contributed by atoms with Crippen molar-refractivity contribution in [3.05, 3.63) is 39.0 Å². The number of benzene rings is 1. The van der Waals surface area contributed by atoms with E-state index in [0.717, 1.165) is 12.3 Å². The normalized spacial score (nSPS) is 10.5. The molecule has 1 heterocycles. The van der Waals surface area contributed by atoms with Crippen LogP contribution in [0.3, 0.4) is 0 Å². The first-order valence-electron chi connectivity index (χ1n) is 5.75. The molecule has 0 fully saturated rings. The zero-order chi connectivity index (χ0) is 17.5. The molecule has 0 radical (unpaired) electrons. The zero-order valence-corrected chi connectivity index (χ0v) is 12.5. The van der Waals surface area contributed by atoms with Crippen molar-refractivity contribution in [3.63, 3.8) is 0 Å². The Morgan fingerprint density at radius 2 is 1.35 bits per heavy atom. The van der Waals surface area contributed by atoms with Crippen molar-refractivity contribution in [2.75, 3.05) is 0 Å². The van der Waals surface area contributed by atoms with Gasteiger partial charge in [-0.25, -0.2) is 19.2 Å². The second-order valence-electron chi connectivity index (χ2n) is 4.27. The largest absolute Gasteiger partial charge is 0.478 e. The van der Waals surface area contributed by atoms with Crippen LogP contribution in [0, 0.1) is 0 Å². The summed E-state index contributed by atoms with van der Waals surface area (Å²) in [6.45, 7) is 0. The smallest absolute Gasteiger partial charge is 0.338 e. The maximum atomic E-state index is 11.5. The number of aromatic nitrogens is 1. The molecule has 1 aromatic carbocycles. The van der Waals surface area contributed by atoms with Crippen LogP contribution in [0.4, 0.5) is 0 Å². The number of carboxylic acids is 4. The fourth-order valence-electron chi connectivity index (χ4n) is 2.13. The van der Waals surface area contributed by atoms with Gasteiger partial charge in [0.15, 0.2) is 0 Å². The molecule has 0 saturated carbocycles. The Kier molecular flexibility index (Phi) is 4.02. The molecule has 10 heteroatoms. The quantitative estimate of drug-likeness (QED) is 0.615. The second kappa shape index (κ2) is 5.65. The Labute approximate surface area is 134 Å². The third kappa shape index (κ3) is 2.59. The van der Waals surface area contributed by atoms with E-state index >= 15 is 0 Å². The van der Waals surface area contributed by atoms with Gasteiger partial charge in [0.2, 0.25) is 0 Å². The monoisotopic (exact) mass is 383 g/mol. The lowest BCUT2D eigenvalue weighted by Gasteiger charge is -2.12. The molecular weight excluding hydrogens is 378 g/mol. The van der Waals surface area contributed by atoms with Crippen LogP contribution in [0.1, 0.15) is 41.4 Å². The SMILES string of the molecule is O=C(O)c1cnc2cc(Br)c(C(=O)O)c(C(=O)O)c2c1C(=O)O. The van der Waals surface area contributed by atoms with Crippen LogP contribution in [0.15, 0.2) is 16.7 Å². The molecule has 4 N–H and O–H groups in total. The molecule has 0 aliphatic heterocycles. The van der Waals surface area contributed by atoms with Gasteiger partial charge in [-0.05, 0) is 22.0 Å². The lowest BCUT2D eigenvalue weighted by Crippen LogP contribution is -2.16. The van der Waals surface area contributed by atoms with E-state index < -0.39 is 51.5 Å². The van der Waals surface area contributed by atoms with Crippen LogP contribution in [-0.2, 0) is 0 Å². The number of hydrogen-bond acceptors (Lipinski definition) is 5. The van der Waals surface area contributed by atoms with Gasteiger partial charge in [-0.2, -0.15) is 0 Å². The van der Waals surface area contributed by atoms with Gasteiger partial charge in [0.1, 0.15) is 0 Å². The number of halogens is 1. The molecule has 23 heavy (non-hydrogen) atoms. The average molecular weight is 384 g/mol. The number of nitrogens with zero attached hydrogens (tertiary/aromatic N) is 1. The number of fused-ring (bicyclic) bond motifs is 1. The highest BCUT2D eigenvalue weighted by molar-refractivity contribution is 9.10. The molecule has 0 aliphatic rings. The third-order valence-electron chi connectivity index (χ3n) is 2.98. The number of carbonyl (C=O) groups is 4. The highest BCUT2D eigenvalue weighted by Gasteiger charge is 2.29. The van der Waals surface area contributed by atoms with Gasteiger partial charge in [-0.15, -0.1) is 0 Å². The zero-order valence-electron chi connectivity index (χ0n) is 10.9. The molecule has 2 aromatic rings. The van der Waals surface area contributed by atoms with E-state index in [-0.39, 0.29) is 9.99 Å². The number of carboxylic acid groups (broad SMARTS) is 4. The number of aromatic carboxylic acids is 4. The highest BCUT2D eigenvalue weighted by Crippen LogP contribution is 2.32. The van der Waals surface area contributed by atoms with E-state index in [0.29, 0.717) is 0 Å². The van der Waals surface area contributed by atoms with Crippen LogP contribution in [0.2, 0.25) is 0 Å². The molecule has 0 amide bonds. The molecule has 118 valence electrons. The topological polar surface area (TPSA) is 162 Å². The van der Waals surface area contributed by atoms with Crippen LogP contribution in [0.25, 0.3) is 10.9 Å². The van der Waals surface area contributed by atoms with E-state index in [4.69, 9.17) is 5.11 Å². The van der Waals surface area contributed by atoms with Crippen molar-refractivity contribution in [1.29, 1.82) is 0 Å². The molecule has 0 saturated heterocycles. The predicted molar refractivity (Wildman–Crippen MR) is 77.3 cm³/mol. The van der Waals surface area contributed by atoms with E-state index in [2.05, 4.69) is 20.9 Å². The summed E-state index contributed by atoms with van der Waals surface area (Å²) in [5, 5.41) is 36.3. The maximum Gasteiger partial charge on any atom is 0.338 e. The van der Waals surface area contributed by atoms with Gasteiger partial charge in [-0.3, -0.25) is 4.98 Å². The Morgan fingerprint density at radius 1 is 0.826 bits per heavy atom. The van der Waals surface area contributed by atoms with Crippen LogP contribution in [-0.4, -0.2) is 49.3 Å². The van der Waals surface area contributed by atoms with E-state index in [1.807, 2.05) is 0 Å². The molecular formula is C13H6BrNO8. The maximum absolute atomic E-state index is 11.5. The molecule has 1 aromatic heterocycles. The number of hydrogen-bond donors (Lipinski definition) is 4. The number of pyridine rings is 1. The molecule has 0 bridgehead atoms. The fourth-order valence-corrected chi connectivity index (χ4v) is 2.72. The van der Waals surface area contributed by atoms with Crippen molar-refractivity contribution >= 4 is 50.7 Å². The minimum atomic E-state index is -1.72. The molecule has 2 rings (SSSR count). The van der Waals surface area contributed by atoms with Gasteiger partial charge in [0, 0.05) is 16.1 Å². The minimum absolute atomic E-state index is 0.123. The van der Waals surface area contributed by atoms with Crippen LogP contribution < -0.4 is 0 Å². The van der Waals surface area contributed by atoms with Crippen molar-refractivity contribution in [2.45, 2.75) is 0 Å². The fraction of sp³-hybridized carbons (Fsp3) is 0. The second-order valence-corrected chi connectivity index (χ2v) is 5.12. The summed E-state index contributed by atoms with van der Waals surface area (Å²) in [7, 11) is 0. The first kappa shape index (κ1) is 16.4. The molecule has 9 nitrogen and oxygen atoms in total. The summed E-state index contributed by atoms with van der Waals surface area (Å²) >= 11 is 2.90.